The molecule has 13 heavy (non-hydrogen) atoms. The van der Waals surface area contributed by atoms with Crippen LogP contribution in [0.4, 0.5) is 0 Å². The van der Waals surface area contributed by atoms with Crippen molar-refractivity contribution < 1.29 is 5.11 Å². The van der Waals surface area contributed by atoms with Crippen LogP contribution in [0.15, 0.2) is 0 Å². The van der Waals surface area contributed by atoms with Crippen molar-refractivity contribution in [1.29, 1.82) is 0 Å². The van der Waals surface area contributed by atoms with Crippen LogP contribution < -0.4 is 5.73 Å². The third-order valence-corrected chi connectivity index (χ3v) is 3.05. The first-order valence-electron chi connectivity index (χ1n) is 5.27. The summed E-state index contributed by atoms with van der Waals surface area (Å²) in [6.45, 7) is 4.96. The molecule has 0 amide bonds. The zero-order chi connectivity index (χ0) is 9.90. The second-order valence-corrected chi connectivity index (χ2v) is 4.79. The minimum Gasteiger partial charge on any atom is -0.390 e. The average Bonchev–Trinajstić information content (AvgIpc) is 2.04. The monoisotopic (exact) mass is 184 g/mol. The van der Waals surface area contributed by atoms with Crippen LogP contribution >= 0.6 is 0 Å². The Bertz CT molecular complexity index is 148. The van der Waals surface area contributed by atoms with E-state index in [2.05, 4.69) is 13.8 Å². The van der Waals surface area contributed by atoms with E-state index in [9.17, 15) is 5.11 Å². The summed E-state index contributed by atoms with van der Waals surface area (Å²) in [7, 11) is 0. The Morgan fingerprint density at radius 1 is 1.38 bits per heavy atom. The quantitative estimate of drug-likeness (QED) is 0.703. The second-order valence-electron chi connectivity index (χ2n) is 4.79. The molecule has 0 spiro atoms. The lowest BCUT2D eigenvalue weighted by atomic mass is 9.75. The lowest BCUT2D eigenvalue weighted by molar-refractivity contribution is -0.0117. The molecule has 0 heterocycles. The highest BCUT2D eigenvalue weighted by Gasteiger charge is 2.32. The minimum absolute atomic E-state index is 0.412. The zero-order valence-corrected chi connectivity index (χ0v) is 8.84. The molecule has 0 saturated heterocycles. The fourth-order valence-corrected chi connectivity index (χ4v) is 2.29. The molecule has 0 bridgehead atoms. The SMILES string of the molecule is C[C](C)CC1(O)CCC(CN)CC1. The van der Waals surface area contributed by atoms with Crippen molar-refractivity contribution in [3.05, 3.63) is 5.92 Å². The molecular formula is C11H22NO. The van der Waals surface area contributed by atoms with E-state index in [-0.39, 0.29) is 0 Å². The van der Waals surface area contributed by atoms with E-state index in [1.165, 1.54) is 5.92 Å². The summed E-state index contributed by atoms with van der Waals surface area (Å²) < 4.78 is 0. The maximum atomic E-state index is 10.2. The second kappa shape index (κ2) is 4.43. The van der Waals surface area contributed by atoms with Crippen LogP contribution in [0.1, 0.15) is 46.0 Å². The number of rotatable bonds is 3. The van der Waals surface area contributed by atoms with Crippen LogP contribution in [-0.4, -0.2) is 17.3 Å². The van der Waals surface area contributed by atoms with Crippen LogP contribution in [0.2, 0.25) is 0 Å². The normalized spacial score (nSPS) is 35.3. The molecule has 1 fully saturated rings. The number of hydrogen-bond donors (Lipinski definition) is 2. The van der Waals surface area contributed by atoms with Gasteiger partial charge in [0.15, 0.2) is 0 Å². The zero-order valence-electron chi connectivity index (χ0n) is 8.84. The Labute approximate surface area is 81.5 Å². The van der Waals surface area contributed by atoms with Gasteiger partial charge in [-0.3, -0.25) is 0 Å². The average molecular weight is 184 g/mol. The molecule has 2 nitrogen and oxygen atoms in total. The van der Waals surface area contributed by atoms with Gasteiger partial charge in [0.2, 0.25) is 0 Å². The largest absolute Gasteiger partial charge is 0.390 e. The standard InChI is InChI=1S/C11H22NO/c1-9(2)7-11(13)5-3-10(8-12)4-6-11/h10,13H,3-8,12H2,1-2H3. The Hall–Kier alpha value is -0.0800. The summed E-state index contributed by atoms with van der Waals surface area (Å²) in [5.41, 5.74) is 5.19. The van der Waals surface area contributed by atoms with Gasteiger partial charge in [0, 0.05) is 0 Å². The van der Waals surface area contributed by atoms with Gasteiger partial charge in [-0.25, -0.2) is 0 Å². The third-order valence-electron chi connectivity index (χ3n) is 3.05. The highest BCUT2D eigenvalue weighted by atomic mass is 16.3. The van der Waals surface area contributed by atoms with Gasteiger partial charge in [-0.05, 0) is 50.5 Å². The van der Waals surface area contributed by atoms with Crippen molar-refractivity contribution in [3.8, 4) is 0 Å². The summed E-state index contributed by atoms with van der Waals surface area (Å²) >= 11 is 0. The third kappa shape index (κ3) is 3.28. The molecule has 0 aromatic carbocycles. The molecule has 0 aromatic rings. The molecule has 0 atom stereocenters. The summed E-state index contributed by atoms with van der Waals surface area (Å²) in [5.74, 6) is 1.98. The van der Waals surface area contributed by atoms with E-state index in [1.807, 2.05) is 0 Å². The van der Waals surface area contributed by atoms with E-state index in [4.69, 9.17) is 5.73 Å². The van der Waals surface area contributed by atoms with E-state index in [1.54, 1.807) is 0 Å². The summed E-state index contributed by atoms with van der Waals surface area (Å²) in [6.07, 6.45) is 4.92. The molecule has 1 aliphatic rings. The molecule has 0 aromatic heterocycles. The lowest BCUT2D eigenvalue weighted by Crippen LogP contribution is -2.36. The maximum Gasteiger partial charge on any atom is 0.0653 e. The Morgan fingerprint density at radius 2 is 1.92 bits per heavy atom. The van der Waals surface area contributed by atoms with Crippen LogP contribution in [0.5, 0.6) is 0 Å². The Morgan fingerprint density at radius 3 is 2.31 bits per heavy atom. The topological polar surface area (TPSA) is 46.2 Å². The van der Waals surface area contributed by atoms with Gasteiger partial charge in [0.05, 0.1) is 5.60 Å². The Kier molecular flexibility index (Phi) is 3.74. The molecular weight excluding hydrogens is 162 g/mol. The molecule has 1 saturated carbocycles. The van der Waals surface area contributed by atoms with E-state index < -0.39 is 5.60 Å². The predicted octanol–water partition coefficient (Wildman–Crippen LogP) is 1.87. The lowest BCUT2D eigenvalue weighted by Gasteiger charge is -2.36. The number of hydrogen-bond acceptors (Lipinski definition) is 2. The Balaban J connectivity index is 2.37. The molecule has 1 aliphatic carbocycles. The summed E-state index contributed by atoms with van der Waals surface area (Å²) in [4.78, 5) is 0. The van der Waals surface area contributed by atoms with Crippen molar-refractivity contribution in [1.82, 2.24) is 0 Å². The van der Waals surface area contributed by atoms with Crippen molar-refractivity contribution in [2.24, 2.45) is 11.7 Å². The molecule has 0 aliphatic heterocycles. The highest BCUT2D eigenvalue weighted by molar-refractivity contribution is 4.94. The number of aliphatic hydroxyl groups is 1. The fourth-order valence-electron chi connectivity index (χ4n) is 2.29. The molecule has 1 rings (SSSR count). The fraction of sp³-hybridized carbons (Fsp3) is 0.909. The summed E-state index contributed by atoms with van der Waals surface area (Å²) in [5, 5.41) is 10.2. The first kappa shape index (κ1) is 11.0. The van der Waals surface area contributed by atoms with E-state index >= 15 is 0 Å². The first-order chi connectivity index (χ1) is 6.06. The number of nitrogens with two attached hydrogens (primary N) is 1. The van der Waals surface area contributed by atoms with Gasteiger partial charge in [-0.2, -0.15) is 0 Å². The van der Waals surface area contributed by atoms with Crippen LogP contribution in [-0.2, 0) is 0 Å². The molecule has 2 heteroatoms. The van der Waals surface area contributed by atoms with Crippen LogP contribution in [0.3, 0.4) is 0 Å². The predicted molar refractivity (Wildman–Crippen MR) is 55.2 cm³/mol. The van der Waals surface area contributed by atoms with Crippen molar-refractivity contribution >= 4 is 0 Å². The van der Waals surface area contributed by atoms with Gasteiger partial charge in [-0.1, -0.05) is 13.8 Å². The van der Waals surface area contributed by atoms with Crippen LogP contribution in [0.25, 0.3) is 0 Å². The minimum atomic E-state index is -0.412. The van der Waals surface area contributed by atoms with E-state index in [0.29, 0.717) is 5.92 Å². The smallest absolute Gasteiger partial charge is 0.0653 e. The van der Waals surface area contributed by atoms with Gasteiger partial charge in [0.25, 0.3) is 0 Å². The molecule has 77 valence electrons. The highest BCUT2D eigenvalue weighted by Crippen LogP contribution is 2.36. The van der Waals surface area contributed by atoms with Crippen LogP contribution in [0, 0.1) is 11.8 Å². The van der Waals surface area contributed by atoms with Gasteiger partial charge >= 0.3 is 0 Å². The first-order valence-corrected chi connectivity index (χ1v) is 5.27. The maximum absolute atomic E-state index is 10.2. The molecule has 1 radical (unpaired) electrons. The molecule has 3 N–H and O–H groups in total. The van der Waals surface area contributed by atoms with Gasteiger partial charge in [-0.15, -0.1) is 0 Å². The molecule has 0 unspecified atom stereocenters. The van der Waals surface area contributed by atoms with Crippen molar-refractivity contribution in [2.45, 2.75) is 51.6 Å². The van der Waals surface area contributed by atoms with Crippen molar-refractivity contribution in [3.63, 3.8) is 0 Å². The van der Waals surface area contributed by atoms with E-state index in [0.717, 1.165) is 38.6 Å². The van der Waals surface area contributed by atoms with Gasteiger partial charge < -0.3 is 10.8 Å². The summed E-state index contributed by atoms with van der Waals surface area (Å²) in [6, 6.07) is 0. The van der Waals surface area contributed by atoms with Gasteiger partial charge in [0.1, 0.15) is 0 Å². The van der Waals surface area contributed by atoms with Crippen molar-refractivity contribution in [2.75, 3.05) is 6.54 Å².